The molecule has 1 fully saturated rings. The van der Waals surface area contributed by atoms with Gasteiger partial charge in [0.15, 0.2) is 16.7 Å². The van der Waals surface area contributed by atoms with E-state index >= 15 is 0 Å². The van der Waals surface area contributed by atoms with Crippen LogP contribution < -0.4 is 5.73 Å². The van der Waals surface area contributed by atoms with Gasteiger partial charge < -0.3 is 20.7 Å². The zero-order valence-corrected chi connectivity index (χ0v) is 23.8. The average molecular weight is 597 g/mol. The van der Waals surface area contributed by atoms with Crippen molar-refractivity contribution < 1.29 is 18.4 Å². The predicted octanol–water partition coefficient (Wildman–Crippen LogP) is 0.650. The van der Waals surface area contributed by atoms with Gasteiger partial charge in [0, 0.05) is 56.0 Å². The van der Waals surface area contributed by atoms with Crippen molar-refractivity contribution in [2.45, 2.75) is 30.3 Å². The molecule has 0 bridgehead atoms. The summed E-state index contributed by atoms with van der Waals surface area (Å²) >= 11 is 1.40. The van der Waals surface area contributed by atoms with Crippen molar-refractivity contribution in [2.24, 2.45) is 10.9 Å². The van der Waals surface area contributed by atoms with Gasteiger partial charge in [-0.05, 0) is 36.0 Å². The molecule has 214 valence electrons. The summed E-state index contributed by atoms with van der Waals surface area (Å²) in [4.78, 5) is 23.5. The second kappa shape index (κ2) is 10.8. The van der Waals surface area contributed by atoms with Gasteiger partial charge in [0.25, 0.3) is 5.91 Å². The minimum atomic E-state index is -3.89. The Morgan fingerprint density at radius 2 is 2.00 bits per heavy atom. The first-order valence-corrected chi connectivity index (χ1v) is 15.2. The number of tetrazole rings is 1. The number of carbonyl (C=O) groups is 1. The third kappa shape index (κ3) is 5.26. The van der Waals surface area contributed by atoms with E-state index in [1.807, 2.05) is 7.05 Å². The molecule has 4 N–H and O–H groups in total. The second-order valence-electron chi connectivity index (χ2n) is 10.1. The van der Waals surface area contributed by atoms with Gasteiger partial charge in [-0.15, -0.1) is 21.5 Å². The SMILES string of the molecule is CN1CCc2nc(C(=O)N3CCN(S(=O)(=O)c4ccc5cc(C(N)=NO)ccc5c4)CC3Cc3nn[nH]n3)sc2C1. The number of nitrogens with zero attached hydrogens (tertiary/aromatic N) is 8. The molecule has 1 atom stereocenters. The number of thiazole rings is 1. The average Bonchev–Trinajstić information content (AvgIpc) is 3.65. The molecule has 6 rings (SSSR count). The highest BCUT2D eigenvalue weighted by atomic mass is 32.2. The highest BCUT2D eigenvalue weighted by molar-refractivity contribution is 7.89. The molecule has 41 heavy (non-hydrogen) atoms. The molecule has 2 aliphatic rings. The molecule has 2 aromatic carbocycles. The fourth-order valence-corrected chi connectivity index (χ4v) is 7.90. The van der Waals surface area contributed by atoms with E-state index in [0.29, 0.717) is 21.8 Å². The van der Waals surface area contributed by atoms with Crippen molar-refractivity contribution in [1.82, 2.24) is 39.7 Å². The summed E-state index contributed by atoms with van der Waals surface area (Å²) < 4.78 is 29.0. The number of fused-ring (bicyclic) bond motifs is 2. The Bertz CT molecular complexity index is 1740. The maximum atomic E-state index is 13.8. The molecule has 0 radical (unpaired) electrons. The molecular formula is C25H28N10O4S2. The van der Waals surface area contributed by atoms with E-state index in [0.717, 1.165) is 35.5 Å². The fraction of sp³-hybridized carbons (Fsp3) is 0.360. The van der Waals surface area contributed by atoms with Crippen LogP contribution in [0.5, 0.6) is 0 Å². The van der Waals surface area contributed by atoms with Crippen LogP contribution in [0.25, 0.3) is 10.8 Å². The summed E-state index contributed by atoms with van der Waals surface area (Å²) in [7, 11) is -1.85. The highest BCUT2D eigenvalue weighted by Crippen LogP contribution is 2.29. The molecule has 2 aromatic heterocycles. The lowest BCUT2D eigenvalue weighted by Gasteiger charge is -2.40. The number of H-pyrrole nitrogens is 1. The molecule has 16 heteroatoms. The van der Waals surface area contributed by atoms with Gasteiger partial charge in [0.1, 0.15) is 0 Å². The molecule has 1 unspecified atom stereocenters. The molecule has 4 aromatic rings. The number of nitrogens with two attached hydrogens (primary N) is 1. The number of piperazine rings is 1. The number of nitrogens with one attached hydrogen (secondary N) is 1. The van der Waals surface area contributed by atoms with Crippen LogP contribution in [0.1, 0.15) is 31.8 Å². The Balaban J connectivity index is 1.27. The van der Waals surface area contributed by atoms with Crippen LogP contribution in [-0.4, -0.2) is 104 Å². The Kier molecular flexibility index (Phi) is 7.14. The van der Waals surface area contributed by atoms with Gasteiger partial charge in [-0.1, -0.05) is 28.6 Å². The number of hydrogen-bond acceptors (Lipinski definition) is 11. The lowest BCUT2D eigenvalue weighted by Crippen LogP contribution is -2.57. The van der Waals surface area contributed by atoms with Gasteiger partial charge in [-0.3, -0.25) is 4.79 Å². The van der Waals surface area contributed by atoms with Crippen LogP contribution in [0.3, 0.4) is 0 Å². The Morgan fingerprint density at radius 1 is 1.20 bits per heavy atom. The zero-order valence-electron chi connectivity index (χ0n) is 22.1. The van der Waals surface area contributed by atoms with Crippen LogP contribution in [0, 0.1) is 0 Å². The van der Waals surface area contributed by atoms with E-state index in [2.05, 4.69) is 35.7 Å². The van der Waals surface area contributed by atoms with Crippen molar-refractivity contribution in [1.29, 1.82) is 0 Å². The maximum Gasteiger partial charge on any atom is 0.283 e. The number of sulfonamides is 1. The number of aromatic amines is 1. The van der Waals surface area contributed by atoms with Gasteiger partial charge in [-0.25, -0.2) is 13.4 Å². The van der Waals surface area contributed by atoms with Crippen LogP contribution in [-0.2, 0) is 29.4 Å². The van der Waals surface area contributed by atoms with E-state index in [9.17, 15) is 13.2 Å². The number of benzene rings is 2. The molecule has 0 spiro atoms. The third-order valence-electron chi connectivity index (χ3n) is 7.47. The van der Waals surface area contributed by atoms with Gasteiger partial charge in [0.05, 0.1) is 16.6 Å². The lowest BCUT2D eigenvalue weighted by molar-refractivity contribution is 0.0561. The minimum Gasteiger partial charge on any atom is -0.409 e. The van der Waals surface area contributed by atoms with Crippen LogP contribution in [0.2, 0.25) is 0 Å². The summed E-state index contributed by atoms with van der Waals surface area (Å²) in [6.07, 6.45) is 1.03. The first kappa shape index (κ1) is 27.2. The van der Waals surface area contributed by atoms with Crippen molar-refractivity contribution in [3.63, 3.8) is 0 Å². The van der Waals surface area contributed by atoms with Crippen LogP contribution in [0.15, 0.2) is 46.4 Å². The maximum absolute atomic E-state index is 13.8. The minimum absolute atomic E-state index is 0.0334. The molecule has 0 saturated carbocycles. The summed E-state index contributed by atoms with van der Waals surface area (Å²) in [6, 6.07) is 9.42. The summed E-state index contributed by atoms with van der Waals surface area (Å²) in [6.45, 7) is 2.04. The number of amidine groups is 1. The number of rotatable bonds is 6. The molecule has 1 amide bonds. The standard InChI is InChI=1S/C25H28N10O4S2/c1-33-7-6-20-21(14-33)40-24(27-20)25(36)35-9-8-34(13-18(35)12-22-28-31-32-29-22)41(38,39)19-5-4-15-10-17(23(26)30-37)3-2-16(15)11-19/h2-5,10-11,18,37H,6-9,12-14H2,1H3,(H2,26,30)(H,28,29,31,32). The first-order chi connectivity index (χ1) is 19.7. The normalized spacial score (nSPS) is 19.0. The molecule has 0 aliphatic carbocycles. The quantitative estimate of drug-likeness (QED) is 0.123. The summed E-state index contributed by atoms with van der Waals surface area (Å²) in [5.74, 6) is 0.137. The molecule has 1 saturated heterocycles. The Labute approximate surface area is 239 Å². The van der Waals surface area contributed by atoms with Gasteiger partial charge in [-0.2, -0.15) is 9.52 Å². The topological polar surface area (TPSA) is 187 Å². The lowest BCUT2D eigenvalue weighted by atomic mass is 10.1. The first-order valence-electron chi connectivity index (χ1n) is 12.9. The molecule has 14 nitrogen and oxygen atoms in total. The molecular weight excluding hydrogens is 568 g/mol. The van der Waals surface area contributed by atoms with E-state index in [1.165, 1.54) is 21.7 Å². The number of amides is 1. The molecule has 2 aliphatic heterocycles. The molecule has 4 heterocycles. The Morgan fingerprint density at radius 3 is 2.78 bits per heavy atom. The van der Waals surface area contributed by atoms with Crippen molar-refractivity contribution >= 4 is 43.9 Å². The van der Waals surface area contributed by atoms with E-state index in [1.54, 1.807) is 35.2 Å². The van der Waals surface area contributed by atoms with Gasteiger partial charge in [0.2, 0.25) is 10.0 Å². The van der Waals surface area contributed by atoms with E-state index in [-0.39, 0.29) is 42.7 Å². The number of hydrogen-bond donors (Lipinski definition) is 3. The largest absolute Gasteiger partial charge is 0.409 e. The number of oxime groups is 1. The number of aromatic nitrogens is 5. The highest BCUT2D eigenvalue weighted by Gasteiger charge is 2.38. The van der Waals surface area contributed by atoms with Crippen LogP contribution >= 0.6 is 11.3 Å². The number of carbonyl (C=O) groups excluding carboxylic acids is 1. The van der Waals surface area contributed by atoms with Crippen molar-refractivity contribution in [3.05, 3.63) is 63.4 Å². The Hall–Kier alpha value is -3.99. The van der Waals surface area contributed by atoms with E-state index < -0.39 is 16.1 Å². The summed E-state index contributed by atoms with van der Waals surface area (Å²) in [5.41, 5.74) is 7.18. The van der Waals surface area contributed by atoms with Crippen molar-refractivity contribution in [2.75, 3.05) is 33.2 Å². The number of likely N-dealkylation sites (N-methyl/N-ethyl adjacent to an activating group) is 1. The van der Waals surface area contributed by atoms with Crippen molar-refractivity contribution in [3.8, 4) is 0 Å². The third-order valence-corrected chi connectivity index (χ3v) is 10.4. The summed E-state index contributed by atoms with van der Waals surface area (Å²) in [5, 5.41) is 27.9. The fourth-order valence-electron chi connectivity index (χ4n) is 5.25. The zero-order chi connectivity index (χ0) is 28.7. The van der Waals surface area contributed by atoms with E-state index in [4.69, 9.17) is 10.9 Å². The van der Waals surface area contributed by atoms with Gasteiger partial charge >= 0.3 is 0 Å². The second-order valence-corrected chi connectivity index (χ2v) is 13.2. The smallest absolute Gasteiger partial charge is 0.283 e. The predicted molar refractivity (Wildman–Crippen MR) is 150 cm³/mol. The monoisotopic (exact) mass is 596 g/mol. The van der Waals surface area contributed by atoms with Crippen LogP contribution in [0.4, 0.5) is 0 Å².